The quantitative estimate of drug-likeness (QED) is 0.443. The molecule has 0 spiro atoms. The summed E-state index contributed by atoms with van der Waals surface area (Å²) in [5.41, 5.74) is 4.54. The van der Waals surface area contributed by atoms with Gasteiger partial charge in [-0.2, -0.15) is 5.90 Å². The van der Waals surface area contributed by atoms with Gasteiger partial charge in [-0.05, 0) is 6.92 Å². The van der Waals surface area contributed by atoms with Crippen LogP contribution in [0.3, 0.4) is 0 Å². The number of rotatable bonds is 2. The van der Waals surface area contributed by atoms with Gasteiger partial charge in [-0.25, -0.2) is 9.59 Å². The molecule has 0 aliphatic carbocycles. The number of carbonyl (C=O) groups excluding carboxylic acids is 2. The maximum absolute atomic E-state index is 9.72. The topological polar surface area (TPSA) is 105 Å². The van der Waals surface area contributed by atoms with E-state index in [2.05, 4.69) is 27.8 Å². The molecule has 0 bridgehead atoms. The standard InChI is InChI=1S/C3H7NO2.C3H5NO2/c1-2-6-3(4)5;1-2-3(5)6-4/h2H2,1H3,(H2,4,5);2H,1,4H2. The van der Waals surface area contributed by atoms with E-state index in [1.165, 1.54) is 0 Å². The minimum absolute atomic E-state index is 0.356. The molecule has 6 nitrogen and oxygen atoms in total. The van der Waals surface area contributed by atoms with Crippen molar-refractivity contribution in [2.45, 2.75) is 6.92 Å². The van der Waals surface area contributed by atoms with Gasteiger partial charge in [0.2, 0.25) is 0 Å². The lowest BCUT2D eigenvalue weighted by Crippen LogP contribution is -2.11. The highest BCUT2D eigenvalue weighted by Gasteiger charge is 1.83. The van der Waals surface area contributed by atoms with E-state index in [1.807, 2.05) is 0 Å². The van der Waals surface area contributed by atoms with Crippen LogP contribution in [0.15, 0.2) is 12.7 Å². The largest absolute Gasteiger partial charge is 0.450 e. The van der Waals surface area contributed by atoms with Gasteiger partial charge >= 0.3 is 12.1 Å². The van der Waals surface area contributed by atoms with E-state index in [-0.39, 0.29) is 0 Å². The van der Waals surface area contributed by atoms with Gasteiger partial charge < -0.3 is 15.3 Å². The van der Waals surface area contributed by atoms with Gasteiger partial charge in [0, 0.05) is 6.08 Å². The molecule has 0 radical (unpaired) electrons. The molecule has 1 amide bonds. The molecule has 0 aromatic carbocycles. The lowest BCUT2D eigenvalue weighted by molar-refractivity contribution is -0.138. The predicted octanol–water partition coefficient (Wildman–Crippen LogP) is -0.309. The Morgan fingerprint density at radius 1 is 1.58 bits per heavy atom. The van der Waals surface area contributed by atoms with Crippen LogP contribution in [0.25, 0.3) is 0 Å². The molecule has 0 unspecified atom stereocenters. The van der Waals surface area contributed by atoms with Crippen LogP contribution in [-0.2, 0) is 14.4 Å². The maximum atomic E-state index is 9.72. The second kappa shape index (κ2) is 9.44. The third-order valence-electron chi connectivity index (χ3n) is 0.569. The van der Waals surface area contributed by atoms with E-state index in [9.17, 15) is 9.59 Å². The molecule has 0 atom stereocenters. The summed E-state index contributed by atoms with van der Waals surface area (Å²) in [5, 5.41) is 0. The molecule has 0 aromatic rings. The van der Waals surface area contributed by atoms with Gasteiger partial charge in [-0.15, -0.1) is 0 Å². The summed E-state index contributed by atoms with van der Waals surface area (Å²) in [7, 11) is 0. The highest BCUT2D eigenvalue weighted by molar-refractivity contribution is 5.80. The SMILES string of the molecule is C=CC(=O)ON.CCOC(N)=O. The highest BCUT2D eigenvalue weighted by Crippen LogP contribution is 1.66. The first kappa shape index (κ1) is 13.1. The number of primary amides is 1. The van der Waals surface area contributed by atoms with Crippen molar-refractivity contribution in [2.24, 2.45) is 11.6 Å². The Labute approximate surface area is 70.1 Å². The molecule has 6 heteroatoms. The molecule has 0 fully saturated rings. The maximum Gasteiger partial charge on any atom is 0.404 e. The molecule has 0 saturated heterocycles. The summed E-state index contributed by atoms with van der Waals surface area (Å²) in [4.78, 5) is 23.0. The van der Waals surface area contributed by atoms with E-state index in [1.54, 1.807) is 6.92 Å². The van der Waals surface area contributed by atoms with Crippen LogP contribution in [0.1, 0.15) is 6.92 Å². The van der Waals surface area contributed by atoms with Crippen molar-refractivity contribution in [2.75, 3.05) is 6.61 Å². The van der Waals surface area contributed by atoms with Crippen LogP contribution in [0.2, 0.25) is 0 Å². The Balaban J connectivity index is 0. The summed E-state index contributed by atoms with van der Waals surface area (Å²) in [6.07, 6.45) is 0.275. The summed E-state index contributed by atoms with van der Waals surface area (Å²) >= 11 is 0. The van der Waals surface area contributed by atoms with Crippen molar-refractivity contribution < 1.29 is 19.2 Å². The number of ether oxygens (including phenoxy) is 1. The van der Waals surface area contributed by atoms with Crippen molar-refractivity contribution in [1.82, 2.24) is 0 Å². The minimum atomic E-state index is -0.711. The minimum Gasteiger partial charge on any atom is -0.450 e. The van der Waals surface area contributed by atoms with Gasteiger partial charge in [0.05, 0.1) is 6.61 Å². The number of hydrogen-bond donors (Lipinski definition) is 2. The van der Waals surface area contributed by atoms with E-state index in [0.717, 1.165) is 6.08 Å². The van der Waals surface area contributed by atoms with E-state index in [0.29, 0.717) is 6.61 Å². The molecule has 0 saturated carbocycles. The zero-order chi connectivity index (χ0) is 9.98. The third kappa shape index (κ3) is 15.8. The Bertz CT molecular complexity index is 158. The van der Waals surface area contributed by atoms with Gasteiger partial charge in [0.25, 0.3) is 0 Å². The van der Waals surface area contributed by atoms with Crippen LogP contribution in [0.5, 0.6) is 0 Å². The number of nitrogens with two attached hydrogens (primary N) is 2. The fraction of sp³-hybridized carbons (Fsp3) is 0.333. The molecule has 0 heterocycles. The predicted molar refractivity (Wildman–Crippen MR) is 41.7 cm³/mol. The van der Waals surface area contributed by atoms with Gasteiger partial charge in [0.1, 0.15) is 0 Å². The fourth-order valence-corrected chi connectivity index (χ4v) is 0.190. The second-order valence-corrected chi connectivity index (χ2v) is 1.39. The second-order valence-electron chi connectivity index (χ2n) is 1.39. The number of carbonyl (C=O) groups is 2. The van der Waals surface area contributed by atoms with Crippen molar-refractivity contribution in [1.29, 1.82) is 0 Å². The Hall–Kier alpha value is -1.56. The molecule has 12 heavy (non-hydrogen) atoms. The van der Waals surface area contributed by atoms with Crippen molar-refractivity contribution in [3.63, 3.8) is 0 Å². The van der Waals surface area contributed by atoms with Crippen LogP contribution >= 0.6 is 0 Å². The van der Waals surface area contributed by atoms with Crippen molar-refractivity contribution in [3.05, 3.63) is 12.7 Å². The average Bonchev–Trinajstić information content (AvgIpc) is 2.04. The van der Waals surface area contributed by atoms with Crippen LogP contribution in [0.4, 0.5) is 4.79 Å². The molecule has 0 aliphatic heterocycles. The van der Waals surface area contributed by atoms with Crippen LogP contribution in [-0.4, -0.2) is 18.7 Å². The summed E-state index contributed by atoms with van der Waals surface area (Å²) < 4.78 is 4.18. The molecule has 0 aromatic heterocycles. The molecular weight excluding hydrogens is 164 g/mol. The average molecular weight is 176 g/mol. The normalized spacial score (nSPS) is 7.17. The molecular formula is C6H12N2O4. The first-order valence-electron chi connectivity index (χ1n) is 3.03. The fourth-order valence-electron chi connectivity index (χ4n) is 0.190. The molecule has 70 valence electrons. The zero-order valence-corrected chi connectivity index (χ0v) is 6.78. The van der Waals surface area contributed by atoms with Gasteiger partial charge in [-0.1, -0.05) is 6.58 Å². The van der Waals surface area contributed by atoms with E-state index >= 15 is 0 Å². The number of amides is 1. The summed E-state index contributed by atoms with van der Waals surface area (Å²) in [6, 6.07) is 0. The first-order valence-corrected chi connectivity index (χ1v) is 3.03. The summed E-state index contributed by atoms with van der Waals surface area (Å²) in [5.74, 6) is 3.75. The monoisotopic (exact) mass is 176 g/mol. The Kier molecular flexibility index (Phi) is 10.3. The molecule has 0 aliphatic rings. The summed E-state index contributed by atoms with van der Waals surface area (Å²) in [6.45, 7) is 5.13. The van der Waals surface area contributed by atoms with Crippen molar-refractivity contribution in [3.8, 4) is 0 Å². The smallest absolute Gasteiger partial charge is 0.404 e. The van der Waals surface area contributed by atoms with E-state index < -0.39 is 12.1 Å². The highest BCUT2D eigenvalue weighted by atomic mass is 16.7. The molecule has 4 N–H and O–H groups in total. The van der Waals surface area contributed by atoms with Gasteiger partial charge in [-0.3, -0.25) is 0 Å². The Morgan fingerprint density at radius 2 is 2.08 bits per heavy atom. The zero-order valence-electron chi connectivity index (χ0n) is 6.78. The third-order valence-corrected chi connectivity index (χ3v) is 0.569. The lowest BCUT2D eigenvalue weighted by Gasteiger charge is -1.89. The first-order chi connectivity index (χ1) is 5.58. The van der Waals surface area contributed by atoms with E-state index in [4.69, 9.17) is 0 Å². The Morgan fingerprint density at radius 3 is 2.08 bits per heavy atom. The lowest BCUT2D eigenvalue weighted by atomic mass is 10.7. The molecule has 0 rings (SSSR count). The van der Waals surface area contributed by atoms with Crippen molar-refractivity contribution >= 4 is 12.1 Å². The van der Waals surface area contributed by atoms with Crippen LogP contribution < -0.4 is 11.6 Å². The van der Waals surface area contributed by atoms with Gasteiger partial charge in [0.15, 0.2) is 0 Å². The van der Waals surface area contributed by atoms with Crippen LogP contribution in [0, 0.1) is 0 Å². The number of hydrogen-bond acceptors (Lipinski definition) is 5.